The molecule has 0 spiro atoms. The lowest BCUT2D eigenvalue weighted by Gasteiger charge is -2.40. The molecule has 3 heteroatoms. The molecule has 3 nitrogen and oxygen atoms in total. The summed E-state index contributed by atoms with van der Waals surface area (Å²) < 4.78 is 5.11. The van der Waals surface area contributed by atoms with Crippen molar-refractivity contribution in [3.63, 3.8) is 0 Å². The van der Waals surface area contributed by atoms with Gasteiger partial charge in [0.15, 0.2) is 0 Å². The zero-order chi connectivity index (χ0) is 17.8. The van der Waals surface area contributed by atoms with Gasteiger partial charge in [-0.25, -0.2) is 0 Å². The standard InChI is InChI=1S/C22H29NO2/c1-4-21-20(15-25-3)9-10-23(22(21)24)14-19-12-18(13-19)11-17-7-5-16(2)6-8-17/h4-8,15,18-19H,9-14H2,1-3H3/b20-15-,21-4+. The lowest BCUT2D eigenvalue weighted by molar-refractivity contribution is -0.129. The zero-order valence-electron chi connectivity index (χ0n) is 15.6. The highest BCUT2D eigenvalue weighted by atomic mass is 16.5. The molecule has 1 amide bonds. The monoisotopic (exact) mass is 339 g/mol. The van der Waals surface area contributed by atoms with Crippen LogP contribution in [0.25, 0.3) is 0 Å². The average molecular weight is 339 g/mol. The fourth-order valence-electron chi connectivity index (χ4n) is 4.11. The number of aryl methyl sites for hydroxylation is 1. The van der Waals surface area contributed by atoms with Crippen molar-refractivity contribution in [1.29, 1.82) is 0 Å². The second-order valence-corrected chi connectivity index (χ2v) is 7.48. The first-order valence-electron chi connectivity index (χ1n) is 9.34. The van der Waals surface area contributed by atoms with Crippen LogP contribution in [-0.2, 0) is 16.0 Å². The molecule has 2 fully saturated rings. The van der Waals surface area contributed by atoms with E-state index in [9.17, 15) is 4.79 Å². The van der Waals surface area contributed by atoms with Gasteiger partial charge in [-0.05, 0) is 56.9 Å². The van der Waals surface area contributed by atoms with Crippen molar-refractivity contribution in [2.24, 2.45) is 11.8 Å². The van der Waals surface area contributed by atoms with Gasteiger partial charge in [0, 0.05) is 24.2 Å². The number of methoxy groups -OCH3 is 1. The van der Waals surface area contributed by atoms with Crippen LogP contribution in [-0.4, -0.2) is 31.0 Å². The third-order valence-electron chi connectivity index (χ3n) is 5.52. The third kappa shape index (κ3) is 4.15. The van der Waals surface area contributed by atoms with Gasteiger partial charge < -0.3 is 9.64 Å². The van der Waals surface area contributed by atoms with Crippen molar-refractivity contribution in [3.05, 3.63) is 58.9 Å². The van der Waals surface area contributed by atoms with E-state index in [2.05, 4.69) is 31.2 Å². The molecule has 0 atom stereocenters. The van der Waals surface area contributed by atoms with E-state index in [0.717, 1.165) is 36.6 Å². The molecule has 1 heterocycles. The van der Waals surface area contributed by atoms with Crippen molar-refractivity contribution in [2.75, 3.05) is 20.2 Å². The Bertz CT molecular complexity index is 666. The summed E-state index contributed by atoms with van der Waals surface area (Å²) >= 11 is 0. The first-order chi connectivity index (χ1) is 12.1. The van der Waals surface area contributed by atoms with Gasteiger partial charge in [-0.15, -0.1) is 0 Å². The molecule has 3 rings (SSSR count). The molecule has 0 radical (unpaired) electrons. The van der Waals surface area contributed by atoms with E-state index >= 15 is 0 Å². The molecule has 1 saturated carbocycles. The normalized spacial score (nSPS) is 26.8. The number of piperidine rings is 1. The number of benzene rings is 1. The van der Waals surface area contributed by atoms with Crippen molar-refractivity contribution < 1.29 is 9.53 Å². The number of hydrogen-bond acceptors (Lipinski definition) is 2. The second kappa shape index (κ2) is 7.90. The van der Waals surface area contributed by atoms with E-state index in [0.29, 0.717) is 5.92 Å². The maximum atomic E-state index is 12.7. The number of nitrogens with zero attached hydrogens (tertiary/aromatic N) is 1. The summed E-state index contributed by atoms with van der Waals surface area (Å²) in [6.07, 6.45) is 8.17. The molecular weight excluding hydrogens is 310 g/mol. The van der Waals surface area contributed by atoms with Gasteiger partial charge in [-0.2, -0.15) is 0 Å². The topological polar surface area (TPSA) is 29.5 Å². The molecule has 1 aliphatic carbocycles. The highest BCUT2D eigenvalue weighted by Crippen LogP contribution is 2.37. The Balaban J connectivity index is 1.49. The van der Waals surface area contributed by atoms with Crippen LogP contribution in [0.3, 0.4) is 0 Å². The highest BCUT2D eigenvalue weighted by Gasteiger charge is 2.34. The lowest BCUT2D eigenvalue weighted by Crippen LogP contribution is -2.44. The first-order valence-corrected chi connectivity index (χ1v) is 9.34. The van der Waals surface area contributed by atoms with E-state index in [4.69, 9.17) is 4.74 Å². The fraction of sp³-hybridized carbons (Fsp3) is 0.500. The summed E-state index contributed by atoms with van der Waals surface area (Å²) in [5.74, 6) is 1.60. The smallest absolute Gasteiger partial charge is 0.253 e. The van der Waals surface area contributed by atoms with Gasteiger partial charge in [0.1, 0.15) is 0 Å². The van der Waals surface area contributed by atoms with E-state index in [-0.39, 0.29) is 5.91 Å². The molecule has 0 N–H and O–H groups in total. The summed E-state index contributed by atoms with van der Waals surface area (Å²) in [7, 11) is 1.64. The largest absolute Gasteiger partial charge is 0.504 e. The van der Waals surface area contributed by atoms with E-state index in [1.165, 1.54) is 30.4 Å². The average Bonchev–Trinajstić information content (AvgIpc) is 2.57. The molecule has 1 saturated heterocycles. The Morgan fingerprint density at radius 3 is 2.56 bits per heavy atom. The maximum absolute atomic E-state index is 12.7. The number of carbonyl (C=O) groups excluding carboxylic acids is 1. The Morgan fingerprint density at radius 2 is 1.92 bits per heavy atom. The van der Waals surface area contributed by atoms with Gasteiger partial charge in [0.25, 0.3) is 5.91 Å². The molecule has 25 heavy (non-hydrogen) atoms. The maximum Gasteiger partial charge on any atom is 0.253 e. The van der Waals surface area contributed by atoms with E-state index in [1.54, 1.807) is 13.4 Å². The minimum atomic E-state index is 0.166. The van der Waals surface area contributed by atoms with Crippen molar-refractivity contribution in [3.8, 4) is 0 Å². The second-order valence-electron chi connectivity index (χ2n) is 7.48. The van der Waals surface area contributed by atoms with Gasteiger partial charge >= 0.3 is 0 Å². The van der Waals surface area contributed by atoms with Crippen molar-refractivity contribution >= 4 is 5.91 Å². The first kappa shape index (κ1) is 17.8. The minimum Gasteiger partial charge on any atom is -0.504 e. The van der Waals surface area contributed by atoms with Crippen LogP contribution in [0, 0.1) is 18.8 Å². The van der Waals surface area contributed by atoms with Crippen LogP contribution in [0.15, 0.2) is 47.7 Å². The summed E-state index contributed by atoms with van der Waals surface area (Å²) in [6, 6.07) is 8.89. The predicted molar refractivity (Wildman–Crippen MR) is 101 cm³/mol. The van der Waals surface area contributed by atoms with Crippen LogP contribution < -0.4 is 0 Å². The van der Waals surface area contributed by atoms with Crippen LogP contribution in [0.4, 0.5) is 0 Å². The molecule has 0 bridgehead atoms. The quantitative estimate of drug-likeness (QED) is 0.592. The molecule has 1 aliphatic heterocycles. The highest BCUT2D eigenvalue weighted by molar-refractivity contribution is 5.98. The Kier molecular flexibility index (Phi) is 5.62. The summed E-state index contributed by atoms with van der Waals surface area (Å²) in [5.41, 5.74) is 4.59. The van der Waals surface area contributed by atoms with Gasteiger partial charge in [0.2, 0.25) is 0 Å². The molecule has 134 valence electrons. The zero-order valence-corrected chi connectivity index (χ0v) is 15.6. The number of rotatable bonds is 5. The summed E-state index contributed by atoms with van der Waals surface area (Å²) in [4.78, 5) is 14.7. The fourth-order valence-corrected chi connectivity index (χ4v) is 4.11. The lowest BCUT2D eigenvalue weighted by atomic mass is 9.71. The van der Waals surface area contributed by atoms with E-state index in [1.807, 2.05) is 17.9 Å². The third-order valence-corrected chi connectivity index (χ3v) is 5.52. The summed E-state index contributed by atoms with van der Waals surface area (Å²) in [5, 5.41) is 0. The van der Waals surface area contributed by atoms with Crippen molar-refractivity contribution in [2.45, 2.75) is 39.5 Å². The molecule has 2 aliphatic rings. The Hall–Kier alpha value is -2.03. The molecule has 1 aromatic carbocycles. The Labute approximate surface area is 151 Å². The van der Waals surface area contributed by atoms with Gasteiger partial charge in [0.05, 0.1) is 13.4 Å². The van der Waals surface area contributed by atoms with Gasteiger partial charge in [-0.1, -0.05) is 35.9 Å². The number of likely N-dealkylation sites (tertiary alicyclic amines) is 1. The van der Waals surface area contributed by atoms with Crippen molar-refractivity contribution in [1.82, 2.24) is 4.90 Å². The molecule has 1 aromatic rings. The number of carbonyl (C=O) groups is 1. The number of allylic oxidation sites excluding steroid dienone is 1. The van der Waals surface area contributed by atoms with Crippen LogP contribution >= 0.6 is 0 Å². The minimum absolute atomic E-state index is 0.166. The van der Waals surface area contributed by atoms with Crippen LogP contribution in [0.1, 0.15) is 37.3 Å². The van der Waals surface area contributed by atoms with Crippen LogP contribution in [0.2, 0.25) is 0 Å². The Morgan fingerprint density at radius 1 is 1.20 bits per heavy atom. The SMILES string of the molecule is C/C=C1/C(=O)N(CC2CC(Cc3ccc(C)cc3)C2)CC/C1=C/OC. The van der Waals surface area contributed by atoms with E-state index < -0.39 is 0 Å². The van der Waals surface area contributed by atoms with Gasteiger partial charge in [-0.3, -0.25) is 4.79 Å². The number of hydrogen-bond donors (Lipinski definition) is 0. The predicted octanol–water partition coefficient (Wildman–Crippen LogP) is 4.27. The summed E-state index contributed by atoms with van der Waals surface area (Å²) in [6.45, 7) is 5.78. The molecular formula is C22H29NO2. The molecule has 0 aromatic heterocycles. The van der Waals surface area contributed by atoms with Crippen LogP contribution in [0.5, 0.6) is 0 Å². The number of amides is 1. The number of ether oxygens (including phenoxy) is 1. The molecule has 0 unspecified atom stereocenters.